The van der Waals surface area contributed by atoms with Crippen molar-refractivity contribution in [2.24, 2.45) is 0 Å². The van der Waals surface area contributed by atoms with E-state index in [2.05, 4.69) is 146 Å². The fourth-order valence-corrected chi connectivity index (χ4v) is 7.63. The average molecular weight is 654 g/mol. The van der Waals surface area contributed by atoms with E-state index in [9.17, 15) is 0 Å². The first-order valence-electron chi connectivity index (χ1n) is 17.3. The van der Waals surface area contributed by atoms with E-state index in [1.165, 1.54) is 27.1 Å². The molecule has 4 heteroatoms. The van der Waals surface area contributed by atoms with Crippen LogP contribution in [0.3, 0.4) is 0 Å². The summed E-state index contributed by atoms with van der Waals surface area (Å²) in [6, 6.07) is 57.2. The van der Waals surface area contributed by atoms with Gasteiger partial charge in [-0.1, -0.05) is 158 Å². The highest BCUT2D eigenvalue weighted by atomic mass is 16.5. The first-order chi connectivity index (χ1) is 25.3. The molecule has 10 rings (SSSR count). The van der Waals surface area contributed by atoms with Crippen molar-refractivity contribution in [2.75, 3.05) is 0 Å². The van der Waals surface area contributed by atoms with Gasteiger partial charge in [0.25, 0.3) is 0 Å². The molecule has 0 saturated carbocycles. The fraction of sp³-hybridized carbons (Fsp3) is 0.0426. The van der Waals surface area contributed by atoms with Crippen LogP contribution in [0.15, 0.2) is 176 Å². The number of aromatic nitrogens is 3. The highest BCUT2D eigenvalue weighted by molar-refractivity contribution is 6.09. The minimum atomic E-state index is -0.170. The molecule has 0 spiro atoms. The van der Waals surface area contributed by atoms with Crippen LogP contribution in [-0.4, -0.2) is 21.1 Å². The van der Waals surface area contributed by atoms with Gasteiger partial charge in [-0.15, -0.1) is 0 Å². The monoisotopic (exact) mass is 653 g/mol. The Bertz CT molecular complexity index is 2660. The Morgan fingerprint density at radius 1 is 0.431 bits per heavy atom. The Kier molecular flexibility index (Phi) is 6.91. The molecule has 2 heterocycles. The molecule has 240 valence electrons. The molecule has 1 aliphatic carbocycles. The number of rotatable bonds is 5. The minimum absolute atomic E-state index is 0.0900. The third-order valence-corrected chi connectivity index (χ3v) is 10.1. The van der Waals surface area contributed by atoms with Crippen molar-refractivity contribution in [2.45, 2.75) is 12.0 Å². The Hall–Kier alpha value is -6.65. The van der Waals surface area contributed by atoms with Crippen LogP contribution in [0.25, 0.3) is 66.6 Å². The molecule has 51 heavy (non-hydrogen) atoms. The molecule has 0 radical (unpaired) electrons. The zero-order valence-electron chi connectivity index (χ0n) is 27.6. The topological polar surface area (TPSA) is 47.9 Å². The maximum atomic E-state index is 6.56. The van der Waals surface area contributed by atoms with E-state index >= 15 is 0 Å². The van der Waals surface area contributed by atoms with Crippen molar-refractivity contribution in [1.82, 2.24) is 15.0 Å². The molecule has 1 aliphatic heterocycles. The second-order valence-corrected chi connectivity index (χ2v) is 13.1. The molecule has 2 atom stereocenters. The number of para-hydroxylation sites is 1. The van der Waals surface area contributed by atoms with Crippen LogP contribution >= 0.6 is 0 Å². The van der Waals surface area contributed by atoms with E-state index in [-0.39, 0.29) is 12.0 Å². The first-order valence-corrected chi connectivity index (χ1v) is 17.3. The van der Waals surface area contributed by atoms with Crippen LogP contribution in [0.1, 0.15) is 22.9 Å². The Balaban J connectivity index is 1.20. The fourth-order valence-electron chi connectivity index (χ4n) is 7.63. The zero-order valence-corrected chi connectivity index (χ0v) is 27.6. The van der Waals surface area contributed by atoms with Gasteiger partial charge in [-0.25, -0.2) is 15.0 Å². The van der Waals surface area contributed by atoms with Crippen LogP contribution in [0.5, 0.6) is 5.75 Å². The summed E-state index contributed by atoms with van der Waals surface area (Å²) in [5.74, 6) is 2.73. The number of benzene rings is 7. The summed E-state index contributed by atoms with van der Waals surface area (Å²) >= 11 is 0. The summed E-state index contributed by atoms with van der Waals surface area (Å²) in [6.07, 6.45) is 4.22. The number of allylic oxidation sites excluding steroid dienone is 2. The van der Waals surface area contributed by atoms with Crippen LogP contribution in [-0.2, 0) is 0 Å². The predicted octanol–water partition coefficient (Wildman–Crippen LogP) is 11.2. The Morgan fingerprint density at radius 3 is 1.80 bits per heavy atom. The lowest BCUT2D eigenvalue weighted by Crippen LogP contribution is -2.22. The molecule has 7 aromatic carbocycles. The SMILES string of the molecule is C1=CC2Oc3ccccc3C2C(c2nc(-c3ccccc3)nc(-c3ccc(-c4ccccc4)cc3)n2)=C1c1ccc2c(ccc3ccccc32)c1. The van der Waals surface area contributed by atoms with Crippen molar-refractivity contribution in [3.05, 3.63) is 193 Å². The average Bonchev–Trinajstić information content (AvgIpc) is 3.59. The van der Waals surface area contributed by atoms with Crippen molar-refractivity contribution in [3.63, 3.8) is 0 Å². The summed E-state index contributed by atoms with van der Waals surface area (Å²) in [6.45, 7) is 0. The quantitative estimate of drug-likeness (QED) is 0.173. The highest BCUT2D eigenvalue weighted by Crippen LogP contribution is 2.51. The molecule has 1 aromatic heterocycles. The van der Waals surface area contributed by atoms with Gasteiger partial charge in [0, 0.05) is 22.3 Å². The molecule has 0 fully saturated rings. The van der Waals surface area contributed by atoms with Gasteiger partial charge in [-0.05, 0) is 62.0 Å². The van der Waals surface area contributed by atoms with Crippen LogP contribution < -0.4 is 4.74 Å². The van der Waals surface area contributed by atoms with E-state index in [0.29, 0.717) is 17.5 Å². The van der Waals surface area contributed by atoms with Crippen LogP contribution in [0.2, 0.25) is 0 Å². The first kappa shape index (κ1) is 29.3. The van der Waals surface area contributed by atoms with Gasteiger partial charge in [-0.3, -0.25) is 0 Å². The van der Waals surface area contributed by atoms with Gasteiger partial charge in [0.05, 0.1) is 5.92 Å². The normalized spacial score (nSPS) is 16.2. The molecule has 0 amide bonds. The second kappa shape index (κ2) is 12.0. The van der Waals surface area contributed by atoms with E-state index in [4.69, 9.17) is 19.7 Å². The largest absolute Gasteiger partial charge is 0.485 e. The summed E-state index contributed by atoms with van der Waals surface area (Å²) in [7, 11) is 0. The lowest BCUT2D eigenvalue weighted by atomic mass is 9.79. The number of ether oxygens (including phenoxy) is 1. The molecular weight excluding hydrogens is 623 g/mol. The number of fused-ring (bicyclic) bond motifs is 6. The standard InChI is InChI=1S/C47H31N3O/c1-3-11-30(12-4-1)31-19-22-34(23-20-31)46-48-45(33-14-5-2-6-15-33)49-47(50-46)44-39(27-28-42-43(44)40-17-9-10-18-41(40)51-42)36-25-26-38-35(29-36)24-21-32-13-7-8-16-37(32)38/h1-29,42-43H. The number of hydrogen-bond acceptors (Lipinski definition) is 4. The third kappa shape index (κ3) is 5.12. The third-order valence-electron chi connectivity index (χ3n) is 10.1. The summed E-state index contributed by atoms with van der Waals surface area (Å²) < 4.78 is 6.56. The summed E-state index contributed by atoms with van der Waals surface area (Å²) in [5, 5.41) is 4.91. The van der Waals surface area contributed by atoms with E-state index in [1.54, 1.807) is 0 Å². The van der Waals surface area contributed by atoms with E-state index in [1.807, 2.05) is 30.3 Å². The molecule has 8 aromatic rings. The lowest BCUT2D eigenvalue weighted by Gasteiger charge is -2.26. The molecule has 0 N–H and O–H groups in total. The van der Waals surface area contributed by atoms with E-state index in [0.717, 1.165) is 44.7 Å². The van der Waals surface area contributed by atoms with Gasteiger partial charge >= 0.3 is 0 Å². The van der Waals surface area contributed by atoms with Gasteiger partial charge in [0.15, 0.2) is 17.5 Å². The van der Waals surface area contributed by atoms with Gasteiger partial charge in [0.1, 0.15) is 11.9 Å². The van der Waals surface area contributed by atoms with Gasteiger partial charge in [-0.2, -0.15) is 0 Å². The van der Waals surface area contributed by atoms with Gasteiger partial charge < -0.3 is 4.74 Å². The zero-order chi connectivity index (χ0) is 33.7. The van der Waals surface area contributed by atoms with Gasteiger partial charge in [0.2, 0.25) is 0 Å². The van der Waals surface area contributed by atoms with E-state index < -0.39 is 0 Å². The summed E-state index contributed by atoms with van der Waals surface area (Å²) in [4.78, 5) is 15.6. The van der Waals surface area contributed by atoms with Crippen LogP contribution in [0.4, 0.5) is 0 Å². The second-order valence-electron chi connectivity index (χ2n) is 13.1. The van der Waals surface area contributed by atoms with Crippen molar-refractivity contribution in [3.8, 4) is 39.7 Å². The Morgan fingerprint density at radius 2 is 1.00 bits per heavy atom. The summed E-state index contributed by atoms with van der Waals surface area (Å²) in [5.41, 5.74) is 8.56. The molecule has 0 saturated heterocycles. The van der Waals surface area contributed by atoms with Crippen molar-refractivity contribution >= 4 is 32.7 Å². The Labute approximate surface area is 296 Å². The molecule has 0 bridgehead atoms. The maximum absolute atomic E-state index is 6.56. The molecule has 2 unspecified atom stereocenters. The van der Waals surface area contributed by atoms with Crippen molar-refractivity contribution in [1.29, 1.82) is 0 Å². The molecular formula is C47H31N3O. The predicted molar refractivity (Wildman–Crippen MR) is 207 cm³/mol. The van der Waals surface area contributed by atoms with Crippen LogP contribution in [0, 0.1) is 0 Å². The lowest BCUT2D eigenvalue weighted by molar-refractivity contribution is 0.271. The minimum Gasteiger partial charge on any atom is -0.485 e. The highest BCUT2D eigenvalue weighted by Gasteiger charge is 2.40. The molecule has 4 nitrogen and oxygen atoms in total. The maximum Gasteiger partial charge on any atom is 0.164 e. The smallest absolute Gasteiger partial charge is 0.164 e. The molecule has 2 aliphatic rings. The number of nitrogens with zero attached hydrogens (tertiary/aromatic N) is 3. The number of hydrogen-bond donors (Lipinski definition) is 0. The van der Waals surface area contributed by atoms with Crippen molar-refractivity contribution < 1.29 is 4.74 Å².